The zero-order valence-electron chi connectivity index (χ0n) is 18.5. The first-order valence-corrected chi connectivity index (χ1v) is 12.2. The Kier molecular flexibility index (Phi) is 5.96. The summed E-state index contributed by atoms with van der Waals surface area (Å²) in [5.74, 6) is -0.350. The second-order valence-corrected chi connectivity index (χ2v) is 10.4. The standard InChI is InChI=1S/C23H28N4O4S/c1-16(2)27-20-11-10-18(32(30,31)25-12-6-7-13-25)14-21(20)26(23(27)29)15-22(28)24-19-9-5-4-8-17(19)3/h4-5,8-11,14,16H,6-7,12-13,15H2,1-3H3,(H,24,28). The number of nitrogens with one attached hydrogen (secondary N) is 1. The van der Waals surface area contributed by atoms with Crippen LogP contribution in [0, 0.1) is 6.92 Å². The molecule has 3 aromatic rings. The Labute approximate surface area is 187 Å². The van der Waals surface area contributed by atoms with Crippen LogP contribution in [-0.4, -0.2) is 40.9 Å². The molecule has 0 bridgehead atoms. The van der Waals surface area contributed by atoms with Gasteiger partial charge in [0, 0.05) is 24.8 Å². The van der Waals surface area contributed by atoms with Gasteiger partial charge in [0.25, 0.3) is 0 Å². The van der Waals surface area contributed by atoms with Gasteiger partial charge in [-0.2, -0.15) is 4.31 Å². The van der Waals surface area contributed by atoms with Crippen molar-refractivity contribution in [2.24, 2.45) is 0 Å². The fraction of sp³-hybridized carbons (Fsp3) is 0.391. The van der Waals surface area contributed by atoms with Crippen LogP contribution >= 0.6 is 0 Å². The van der Waals surface area contributed by atoms with Crippen LogP contribution in [0.1, 0.15) is 38.3 Å². The van der Waals surface area contributed by atoms with E-state index >= 15 is 0 Å². The number of carbonyl (C=O) groups excluding carboxylic acids is 1. The third-order valence-electron chi connectivity index (χ3n) is 5.87. The number of anilines is 1. The predicted molar refractivity (Wildman–Crippen MR) is 124 cm³/mol. The van der Waals surface area contributed by atoms with Gasteiger partial charge in [-0.05, 0) is 63.4 Å². The normalized spacial score (nSPS) is 15.0. The maximum absolute atomic E-state index is 13.2. The molecule has 0 aliphatic carbocycles. The molecule has 0 spiro atoms. The first-order chi connectivity index (χ1) is 15.2. The van der Waals surface area contributed by atoms with Crippen molar-refractivity contribution >= 4 is 32.7 Å². The van der Waals surface area contributed by atoms with Crippen LogP contribution in [-0.2, 0) is 21.4 Å². The van der Waals surface area contributed by atoms with E-state index in [-0.39, 0.29) is 29.1 Å². The van der Waals surface area contributed by atoms with E-state index in [0.717, 1.165) is 18.4 Å². The quantitative estimate of drug-likeness (QED) is 0.617. The highest BCUT2D eigenvalue weighted by Crippen LogP contribution is 2.26. The monoisotopic (exact) mass is 456 g/mol. The Hall–Kier alpha value is -2.91. The molecule has 1 fully saturated rings. The van der Waals surface area contributed by atoms with E-state index in [2.05, 4.69) is 5.32 Å². The summed E-state index contributed by atoms with van der Waals surface area (Å²) in [5.41, 5.74) is 2.29. The fourth-order valence-corrected chi connectivity index (χ4v) is 5.73. The molecule has 2 heterocycles. The molecule has 1 aliphatic rings. The summed E-state index contributed by atoms with van der Waals surface area (Å²) >= 11 is 0. The van der Waals surface area contributed by atoms with Crippen LogP contribution in [0.4, 0.5) is 5.69 Å². The van der Waals surface area contributed by atoms with Gasteiger partial charge in [-0.25, -0.2) is 13.2 Å². The van der Waals surface area contributed by atoms with Gasteiger partial charge < -0.3 is 5.32 Å². The molecule has 8 nitrogen and oxygen atoms in total. The van der Waals surface area contributed by atoms with E-state index in [1.807, 2.05) is 39.0 Å². The van der Waals surface area contributed by atoms with Crippen molar-refractivity contribution in [3.05, 3.63) is 58.5 Å². The molecule has 1 N–H and O–H groups in total. The lowest BCUT2D eigenvalue weighted by molar-refractivity contribution is -0.116. The van der Waals surface area contributed by atoms with Crippen molar-refractivity contribution in [1.29, 1.82) is 0 Å². The summed E-state index contributed by atoms with van der Waals surface area (Å²) in [5, 5.41) is 2.84. The van der Waals surface area contributed by atoms with E-state index in [1.165, 1.54) is 14.9 Å². The van der Waals surface area contributed by atoms with Crippen LogP contribution < -0.4 is 11.0 Å². The maximum atomic E-state index is 13.2. The Bertz CT molecular complexity index is 1330. The van der Waals surface area contributed by atoms with Crippen molar-refractivity contribution in [3.8, 4) is 0 Å². The molecule has 0 saturated carbocycles. The number of fused-ring (bicyclic) bond motifs is 1. The van der Waals surface area contributed by atoms with Gasteiger partial charge in [0.2, 0.25) is 15.9 Å². The van der Waals surface area contributed by atoms with Crippen LogP contribution in [0.2, 0.25) is 0 Å². The van der Waals surface area contributed by atoms with E-state index in [0.29, 0.717) is 29.8 Å². The number of benzene rings is 2. The van der Waals surface area contributed by atoms with Crippen molar-refractivity contribution in [3.63, 3.8) is 0 Å². The molecule has 1 aromatic heterocycles. The Morgan fingerprint density at radius 1 is 1.06 bits per heavy atom. The largest absolute Gasteiger partial charge is 0.329 e. The topological polar surface area (TPSA) is 93.4 Å². The fourth-order valence-electron chi connectivity index (χ4n) is 4.20. The number of aromatic nitrogens is 2. The summed E-state index contributed by atoms with van der Waals surface area (Å²) < 4.78 is 30.5. The molecule has 4 rings (SSSR count). The third-order valence-corrected chi connectivity index (χ3v) is 7.77. The zero-order valence-corrected chi connectivity index (χ0v) is 19.4. The number of rotatable bonds is 6. The molecular weight excluding hydrogens is 428 g/mol. The molecule has 170 valence electrons. The molecular formula is C23H28N4O4S. The summed E-state index contributed by atoms with van der Waals surface area (Å²) in [4.78, 5) is 26.1. The summed E-state index contributed by atoms with van der Waals surface area (Å²) in [6, 6.07) is 12.0. The molecule has 2 aromatic carbocycles. The van der Waals surface area contributed by atoms with Crippen LogP contribution in [0.3, 0.4) is 0 Å². The van der Waals surface area contributed by atoms with Gasteiger partial charge in [-0.1, -0.05) is 18.2 Å². The first kappa shape index (κ1) is 22.3. The number of amides is 1. The zero-order chi connectivity index (χ0) is 23.0. The third kappa shape index (κ3) is 3.98. The van der Waals surface area contributed by atoms with Crippen molar-refractivity contribution in [1.82, 2.24) is 13.4 Å². The molecule has 0 atom stereocenters. The molecule has 0 radical (unpaired) electrons. The smallest absolute Gasteiger partial charge is 0.324 e. The van der Waals surface area contributed by atoms with Gasteiger partial charge in [-0.15, -0.1) is 0 Å². The van der Waals surface area contributed by atoms with Gasteiger partial charge in [0.1, 0.15) is 6.54 Å². The van der Waals surface area contributed by atoms with Crippen molar-refractivity contribution in [2.45, 2.75) is 51.1 Å². The first-order valence-electron chi connectivity index (χ1n) is 10.8. The Balaban J connectivity index is 1.76. The predicted octanol–water partition coefficient (Wildman–Crippen LogP) is 3.12. The lowest BCUT2D eigenvalue weighted by Crippen LogP contribution is -2.30. The van der Waals surface area contributed by atoms with E-state index in [9.17, 15) is 18.0 Å². The molecule has 32 heavy (non-hydrogen) atoms. The average molecular weight is 457 g/mol. The number of carbonyl (C=O) groups is 1. The molecule has 1 amide bonds. The maximum Gasteiger partial charge on any atom is 0.329 e. The lowest BCUT2D eigenvalue weighted by Gasteiger charge is -2.16. The Morgan fingerprint density at radius 3 is 2.41 bits per heavy atom. The molecule has 1 saturated heterocycles. The van der Waals surface area contributed by atoms with Gasteiger partial charge in [0.05, 0.1) is 15.9 Å². The number of hydrogen-bond acceptors (Lipinski definition) is 4. The van der Waals surface area contributed by atoms with Crippen LogP contribution in [0.25, 0.3) is 11.0 Å². The number of sulfonamides is 1. The summed E-state index contributed by atoms with van der Waals surface area (Å²) in [6.07, 6.45) is 1.68. The van der Waals surface area contributed by atoms with Crippen LogP contribution in [0.15, 0.2) is 52.2 Å². The van der Waals surface area contributed by atoms with E-state index < -0.39 is 10.0 Å². The highest BCUT2D eigenvalue weighted by Gasteiger charge is 2.28. The highest BCUT2D eigenvalue weighted by molar-refractivity contribution is 7.89. The molecule has 1 aliphatic heterocycles. The number of nitrogens with zero attached hydrogens (tertiary/aromatic N) is 3. The van der Waals surface area contributed by atoms with Crippen molar-refractivity contribution in [2.75, 3.05) is 18.4 Å². The average Bonchev–Trinajstić information content (AvgIpc) is 3.37. The minimum absolute atomic E-state index is 0.140. The second-order valence-electron chi connectivity index (χ2n) is 8.46. The Morgan fingerprint density at radius 2 is 1.75 bits per heavy atom. The molecule has 0 unspecified atom stereocenters. The number of hydrogen-bond donors (Lipinski definition) is 1. The second kappa shape index (κ2) is 8.55. The van der Waals surface area contributed by atoms with Gasteiger partial charge in [-0.3, -0.25) is 13.9 Å². The van der Waals surface area contributed by atoms with Crippen LogP contribution in [0.5, 0.6) is 0 Å². The summed E-state index contributed by atoms with van der Waals surface area (Å²) in [6.45, 7) is 6.44. The SMILES string of the molecule is Cc1ccccc1NC(=O)Cn1c(=O)n(C(C)C)c2ccc(S(=O)(=O)N3CCCC3)cc21. The van der Waals surface area contributed by atoms with Gasteiger partial charge in [0.15, 0.2) is 0 Å². The molecule has 9 heteroatoms. The highest BCUT2D eigenvalue weighted by atomic mass is 32.2. The van der Waals surface area contributed by atoms with Crippen molar-refractivity contribution < 1.29 is 13.2 Å². The van der Waals surface area contributed by atoms with E-state index in [1.54, 1.807) is 22.8 Å². The summed E-state index contributed by atoms with van der Waals surface area (Å²) in [7, 11) is -3.65. The van der Waals surface area contributed by atoms with E-state index in [4.69, 9.17) is 0 Å². The minimum Gasteiger partial charge on any atom is -0.324 e. The lowest BCUT2D eigenvalue weighted by atomic mass is 10.2. The number of para-hydroxylation sites is 1. The number of aryl methyl sites for hydroxylation is 1. The number of imidazole rings is 1. The minimum atomic E-state index is -3.65. The van der Waals surface area contributed by atoms with Gasteiger partial charge >= 0.3 is 5.69 Å².